The third-order valence-electron chi connectivity index (χ3n) is 3.39. The zero-order chi connectivity index (χ0) is 13.7. The molecule has 2 unspecified atom stereocenters. The molecule has 1 amide bonds. The largest absolute Gasteiger partial charge is 0.365 e. The topological polar surface area (TPSA) is 29.5 Å². The van der Waals surface area contributed by atoms with Gasteiger partial charge in [-0.3, -0.25) is 4.79 Å². The van der Waals surface area contributed by atoms with Crippen molar-refractivity contribution in [1.82, 2.24) is 4.90 Å². The van der Waals surface area contributed by atoms with Crippen molar-refractivity contribution in [1.29, 1.82) is 0 Å². The van der Waals surface area contributed by atoms with E-state index in [0.717, 1.165) is 23.7 Å². The van der Waals surface area contributed by atoms with E-state index in [1.807, 2.05) is 42.2 Å². The molecule has 0 spiro atoms. The fourth-order valence-electron chi connectivity index (χ4n) is 2.36. The number of benzene rings is 1. The van der Waals surface area contributed by atoms with Crippen LogP contribution in [0, 0.1) is 0 Å². The highest BCUT2D eigenvalue weighted by atomic mass is 79.9. The summed E-state index contributed by atoms with van der Waals surface area (Å²) in [4.78, 5) is 14.3. The molecule has 1 fully saturated rings. The molecule has 1 heterocycles. The number of hydrogen-bond acceptors (Lipinski definition) is 2. The second kappa shape index (κ2) is 7.06. The van der Waals surface area contributed by atoms with Crippen LogP contribution in [0.25, 0.3) is 0 Å². The first-order valence-electron chi connectivity index (χ1n) is 6.75. The number of amides is 1. The van der Waals surface area contributed by atoms with Crippen LogP contribution in [0.2, 0.25) is 0 Å². The molecule has 0 radical (unpaired) electrons. The van der Waals surface area contributed by atoms with Gasteiger partial charge in [-0.15, -0.1) is 0 Å². The van der Waals surface area contributed by atoms with Crippen LogP contribution in [-0.4, -0.2) is 34.9 Å². The van der Waals surface area contributed by atoms with Crippen LogP contribution < -0.4 is 0 Å². The minimum atomic E-state index is -0.252. The molecule has 0 aliphatic carbocycles. The van der Waals surface area contributed by atoms with Crippen molar-refractivity contribution < 1.29 is 9.53 Å². The summed E-state index contributed by atoms with van der Waals surface area (Å²) in [7, 11) is 0. The van der Waals surface area contributed by atoms with Crippen LogP contribution in [0.1, 0.15) is 25.3 Å². The molecule has 3 nitrogen and oxygen atoms in total. The first kappa shape index (κ1) is 14.5. The predicted molar refractivity (Wildman–Crippen MR) is 79.2 cm³/mol. The van der Waals surface area contributed by atoms with E-state index in [2.05, 4.69) is 15.9 Å². The molecule has 4 heteroatoms. The molecule has 2 rings (SSSR count). The third kappa shape index (κ3) is 4.05. The molecule has 2 atom stereocenters. The highest BCUT2D eigenvalue weighted by Gasteiger charge is 2.31. The lowest BCUT2D eigenvalue weighted by molar-refractivity contribution is -0.143. The summed E-state index contributed by atoms with van der Waals surface area (Å²) >= 11 is 3.42. The number of carbonyl (C=O) groups excluding carboxylic acids is 1. The van der Waals surface area contributed by atoms with Gasteiger partial charge < -0.3 is 9.64 Å². The van der Waals surface area contributed by atoms with Crippen molar-refractivity contribution in [3.63, 3.8) is 0 Å². The zero-order valence-electron chi connectivity index (χ0n) is 11.2. The Bertz CT molecular complexity index is 410. The quantitative estimate of drug-likeness (QED) is 0.779. The molecule has 1 aliphatic rings. The minimum absolute atomic E-state index is 0.118. The lowest BCUT2D eigenvalue weighted by Crippen LogP contribution is -2.39. The molecule has 1 aliphatic heterocycles. The average Bonchev–Trinajstić information content (AvgIpc) is 2.85. The number of hydrogen-bond donors (Lipinski definition) is 0. The monoisotopic (exact) mass is 325 g/mol. The molecule has 0 aromatic heterocycles. The number of alkyl halides is 1. The summed E-state index contributed by atoms with van der Waals surface area (Å²) in [5.41, 5.74) is 1.16. The predicted octanol–water partition coefficient (Wildman–Crippen LogP) is 2.98. The van der Waals surface area contributed by atoms with E-state index in [9.17, 15) is 4.79 Å². The normalized spacial score (nSPS) is 22.4. The average molecular weight is 326 g/mol. The first-order chi connectivity index (χ1) is 9.20. The summed E-state index contributed by atoms with van der Waals surface area (Å²) in [6.07, 6.45) is 1.77. The zero-order valence-corrected chi connectivity index (χ0v) is 12.8. The van der Waals surface area contributed by atoms with Crippen molar-refractivity contribution >= 4 is 21.8 Å². The van der Waals surface area contributed by atoms with Crippen molar-refractivity contribution in [2.75, 3.05) is 11.9 Å². The summed E-state index contributed by atoms with van der Waals surface area (Å²) in [6.45, 7) is 3.39. The Morgan fingerprint density at radius 3 is 2.68 bits per heavy atom. The maximum atomic E-state index is 12.5. The van der Waals surface area contributed by atoms with Crippen molar-refractivity contribution in [2.24, 2.45) is 0 Å². The summed E-state index contributed by atoms with van der Waals surface area (Å²) < 4.78 is 5.68. The van der Waals surface area contributed by atoms with Crippen LogP contribution in [0.4, 0.5) is 0 Å². The fraction of sp³-hybridized carbons (Fsp3) is 0.533. The Morgan fingerprint density at radius 1 is 1.37 bits per heavy atom. The minimum Gasteiger partial charge on any atom is -0.365 e. The maximum Gasteiger partial charge on any atom is 0.252 e. The van der Waals surface area contributed by atoms with Gasteiger partial charge in [0.15, 0.2) is 0 Å². The van der Waals surface area contributed by atoms with E-state index in [-0.39, 0.29) is 18.1 Å². The van der Waals surface area contributed by atoms with Gasteiger partial charge >= 0.3 is 0 Å². The van der Waals surface area contributed by atoms with Gasteiger partial charge in [0.2, 0.25) is 0 Å². The number of rotatable bonds is 5. The van der Waals surface area contributed by atoms with E-state index in [0.29, 0.717) is 13.1 Å². The Kier molecular flexibility index (Phi) is 5.40. The second-order valence-electron chi connectivity index (χ2n) is 4.95. The van der Waals surface area contributed by atoms with Gasteiger partial charge in [0, 0.05) is 18.4 Å². The highest BCUT2D eigenvalue weighted by Crippen LogP contribution is 2.21. The fourth-order valence-corrected chi connectivity index (χ4v) is 2.79. The lowest BCUT2D eigenvalue weighted by Gasteiger charge is -2.25. The second-order valence-corrected chi connectivity index (χ2v) is 5.74. The lowest BCUT2D eigenvalue weighted by atomic mass is 10.1. The molecule has 19 heavy (non-hydrogen) atoms. The number of nitrogens with zero attached hydrogens (tertiary/aromatic N) is 1. The number of ether oxygens (including phenoxy) is 1. The van der Waals surface area contributed by atoms with E-state index >= 15 is 0 Å². The van der Waals surface area contributed by atoms with Crippen LogP contribution in [0.15, 0.2) is 30.3 Å². The van der Waals surface area contributed by atoms with Crippen LogP contribution in [0.3, 0.4) is 0 Å². The van der Waals surface area contributed by atoms with Crippen LogP contribution >= 0.6 is 15.9 Å². The van der Waals surface area contributed by atoms with E-state index < -0.39 is 0 Å². The first-order valence-corrected chi connectivity index (χ1v) is 7.87. The summed E-state index contributed by atoms with van der Waals surface area (Å²) in [5.74, 6) is 0.118. The van der Waals surface area contributed by atoms with Gasteiger partial charge in [0.1, 0.15) is 6.10 Å². The molecular weight excluding hydrogens is 306 g/mol. The van der Waals surface area contributed by atoms with Gasteiger partial charge in [-0.25, -0.2) is 0 Å². The molecule has 1 aromatic rings. The van der Waals surface area contributed by atoms with E-state index in [1.165, 1.54) is 0 Å². The van der Waals surface area contributed by atoms with E-state index in [4.69, 9.17) is 4.74 Å². The van der Waals surface area contributed by atoms with Crippen molar-refractivity contribution in [3.05, 3.63) is 35.9 Å². The molecule has 1 saturated heterocycles. The van der Waals surface area contributed by atoms with Gasteiger partial charge in [-0.1, -0.05) is 46.3 Å². The Balaban J connectivity index is 2.01. The Morgan fingerprint density at radius 2 is 2.11 bits per heavy atom. The molecule has 0 N–H and O–H groups in total. The Labute approximate surface area is 123 Å². The smallest absolute Gasteiger partial charge is 0.252 e. The molecule has 0 bridgehead atoms. The van der Waals surface area contributed by atoms with Gasteiger partial charge in [0.25, 0.3) is 5.91 Å². The van der Waals surface area contributed by atoms with Crippen LogP contribution in [-0.2, 0) is 16.1 Å². The van der Waals surface area contributed by atoms with Crippen molar-refractivity contribution in [2.45, 2.75) is 38.5 Å². The van der Waals surface area contributed by atoms with Crippen molar-refractivity contribution in [3.8, 4) is 0 Å². The van der Waals surface area contributed by atoms with Gasteiger partial charge in [-0.05, 0) is 25.3 Å². The summed E-state index contributed by atoms with van der Waals surface area (Å²) in [5, 5.41) is 0.786. The molecule has 0 saturated carbocycles. The molecular formula is C15H20BrNO2. The third-order valence-corrected chi connectivity index (χ3v) is 3.74. The molecule has 1 aromatic carbocycles. The van der Waals surface area contributed by atoms with Gasteiger partial charge in [-0.2, -0.15) is 0 Å². The highest BCUT2D eigenvalue weighted by molar-refractivity contribution is 9.09. The Hall–Kier alpha value is -0.870. The summed E-state index contributed by atoms with van der Waals surface area (Å²) in [6, 6.07) is 10.1. The number of carbonyl (C=O) groups is 1. The maximum absolute atomic E-state index is 12.5. The SMILES string of the molecule is CC1CCC(C(=O)N(CCBr)Cc2ccccc2)O1. The van der Waals surface area contributed by atoms with Crippen LogP contribution in [0.5, 0.6) is 0 Å². The van der Waals surface area contributed by atoms with E-state index in [1.54, 1.807) is 0 Å². The number of halogens is 1. The molecule has 104 valence electrons. The van der Waals surface area contributed by atoms with Gasteiger partial charge in [0.05, 0.1) is 6.10 Å². The standard InChI is InChI=1S/C15H20BrNO2/c1-12-7-8-14(19-12)15(18)17(10-9-16)11-13-5-3-2-4-6-13/h2-6,12,14H,7-11H2,1H3.